The van der Waals surface area contributed by atoms with Crippen LogP contribution < -0.4 is 9.47 Å². The number of allylic oxidation sites excluding steroid dienone is 1. The van der Waals surface area contributed by atoms with Crippen molar-refractivity contribution in [1.82, 2.24) is 0 Å². The average Bonchev–Trinajstić information content (AvgIpc) is 3.26. The lowest BCUT2D eigenvalue weighted by Gasteiger charge is -2.58. The van der Waals surface area contributed by atoms with Gasteiger partial charge in [0.1, 0.15) is 23.9 Å². The smallest absolute Gasteiger partial charge is 0.231 e. The molecule has 1 unspecified atom stereocenters. The van der Waals surface area contributed by atoms with Crippen LogP contribution in [0.5, 0.6) is 11.5 Å². The zero-order valence-electron chi connectivity index (χ0n) is 33.7. The fourth-order valence-electron chi connectivity index (χ4n) is 9.61. The van der Waals surface area contributed by atoms with E-state index in [2.05, 4.69) is 61.2 Å². The molecule has 2 N–H and O–H groups in total. The van der Waals surface area contributed by atoms with E-state index < -0.39 is 12.1 Å². The van der Waals surface area contributed by atoms with E-state index in [0.29, 0.717) is 37.2 Å². The molecule has 1 saturated carbocycles. The Morgan fingerprint density at radius 1 is 0.915 bits per heavy atom. The summed E-state index contributed by atoms with van der Waals surface area (Å²) in [5.74, 6) is -0.203. The molecule has 1 saturated heterocycles. The van der Waals surface area contributed by atoms with Crippen molar-refractivity contribution in [2.45, 2.75) is 99.0 Å². The maximum absolute atomic E-state index is 14.7. The molecule has 59 heavy (non-hydrogen) atoms. The van der Waals surface area contributed by atoms with Crippen molar-refractivity contribution < 1.29 is 38.4 Å². The van der Waals surface area contributed by atoms with Crippen molar-refractivity contribution in [2.75, 3.05) is 26.4 Å². The second kappa shape index (κ2) is 19.5. The van der Waals surface area contributed by atoms with Crippen LogP contribution in [0.25, 0.3) is 10.8 Å². The van der Waals surface area contributed by atoms with Crippen LogP contribution in [0, 0.1) is 23.6 Å². The van der Waals surface area contributed by atoms with Gasteiger partial charge in [-0.2, -0.15) is 0 Å². The standard InChI is InChI=1S/C49H56FNO7S/c1-2-26-56-49-45(59-38-22-20-33-13-3-4-14-34(33)28-38)31-43(51-58-46-19-9-12-27-54-46)40-29-35(15-7-10-24-52)39(17-8-11-25-53)47(48(40)49)41-30-37(21-23-44(41)57-49)55-32-36-16-5-6-18-42(36)50/h2-6,13-14,16,18,20-23,28-30,35,39,45-48,52-53H,1,7-12,15,17,19,24-27,31-32H2/t35-,39+,45-,46?,47+,48+,49+/m0/s1. The third kappa shape index (κ3) is 9.13. The van der Waals surface area contributed by atoms with Crippen LogP contribution in [0.3, 0.4) is 0 Å². The number of fused-ring (bicyclic) bond motifs is 3. The van der Waals surface area contributed by atoms with E-state index in [4.69, 9.17) is 28.9 Å². The van der Waals surface area contributed by atoms with Crippen LogP contribution in [0.4, 0.5) is 4.39 Å². The summed E-state index contributed by atoms with van der Waals surface area (Å²) < 4.78 is 41.6. The zero-order valence-corrected chi connectivity index (χ0v) is 34.5. The molecule has 10 heteroatoms. The van der Waals surface area contributed by atoms with E-state index in [-0.39, 0.29) is 61.2 Å². The SMILES string of the molecule is C=CCO[C@@]12Oc3ccc(OCc4ccccc4F)cc3[C@H]3[C@H](CCCCO)[C@@H](CCCCO)C=C(C(=NOC4CCCCO4)C[C@@H]1Sc1ccc4ccccc4c1)[C@H]32. The summed E-state index contributed by atoms with van der Waals surface area (Å²) in [6.45, 7) is 5.34. The molecule has 2 fully saturated rings. The summed E-state index contributed by atoms with van der Waals surface area (Å²) in [6.07, 6.45) is 12.0. The first kappa shape index (κ1) is 41.5. The van der Waals surface area contributed by atoms with E-state index in [1.807, 2.05) is 18.2 Å². The topological polar surface area (TPSA) is 99.0 Å². The Hall–Kier alpha value is -4.19. The third-order valence-electron chi connectivity index (χ3n) is 12.4. The molecule has 4 aliphatic rings. The molecule has 4 aromatic rings. The van der Waals surface area contributed by atoms with Crippen molar-refractivity contribution in [3.8, 4) is 11.5 Å². The summed E-state index contributed by atoms with van der Waals surface area (Å²) in [6, 6.07) is 27.6. The quantitative estimate of drug-likeness (QED) is 0.0582. The Bertz CT molecular complexity index is 2120. The van der Waals surface area contributed by atoms with Crippen molar-refractivity contribution in [3.05, 3.63) is 126 Å². The second-order valence-corrected chi connectivity index (χ2v) is 17.4. The van der Waals surface area contributed by atoms with Crippen LogP contribution in [0.15, 0.2) is 119 Å². The van der Waals surface area contributed by atoms with E-state index in [1.165, 1.54) is 11.5 Å². The number of benzene rings is 4. The zero-order chi connectivity index (χ0) is 40.6. The lowest BCUT2D eigenvalue weighted by molar-refractivity contribution is -0.223. The Labute approximate surface area is 351 Å². The van der Waals surface area contributed by atoms with Gasteiger partial charge in [-0.1, -0.05) is 78.7 Å². The summed E-state index contributed by atoms with van der Waals surface area (Å²) in [5.41, 5.74) is 3.42. The molecule has 0 radical (unpaired) electrons. The predicted molar refractivity (Wildman–Crippen MR) is 230 cm³/mol. The van der Waals surface area contributed by atoms with Crippen LogP contribution in [-0.2, 0) is 20.9 Å². The molecule has 312 valence electrons. The number of hydrogen-bond donors (Lipinski definition) is 2. The van der Waals surface area contributed by atoms with E-state index >= 15 is 0 Å². The first-order chi connectivity index (χ1) is 29.0. The Morgan fingerprint density at radius 2 is 1.73 bits per heavy atom. The molecule has 7 atom stereocenters. The van der Waals surface area contributed by atoms with Gasteiger partial charge in [-0.25, -0.2) is 4.39 Å². The van der Waals surface area contributed by atoms with Crippen molar-refractivity contribution in [2.24, 2.45) is 22.9 Å². The largest absolute Gasteiger partial charge is 0.489 e. The van der Waals surface area contributed by atoms with Gasteiger partial charge in [0.15, 0.2) is 0 Å². The number of rotatable bonds is 18. The maximum atomic E-state index is 14.7. The lowest BCUT2D eigenvalue weighted by atomic mass is 9.56. The Balaban J connectivity index is 1.28. The van der Waals surface area contributed by atoms with E-state index in [1.54, 1.807) is 30.0 Å². The molecular weight excluding hydrogens is 766 g/mol. The highest BCUT2D eigenvalue weighted by Crippen LogP contribution is 2.63. The summed E-state index contributed by atoms with van der Waals surface area (Å²) in [7, 11) is 0. The van der Waals surface area contributed by atoms with Gasteiger partial charge in [-0.05, 0) is 103 Å². The number of aliphatic hydroxyl groups is 2. The molecule has 8 nitrogen and oxygen atoms in total. The van der Waals surface area contributed by atoms with Gasteiger partial charge in [0.05, 0.1) is 30.1 Å². The minimum Gasteiger partial charge on any atom is -0.489 e. The number of oxime groups is 1. The molecule has 2 aliphatic heterocycles. The number of aliphatic hydroxyl groups excluding tert-OH is 2. The molecule has 0 amide bonds. The van der Waals surface area contributed by atoms with Crippen LogP contribution in [0.2, 0.25) is 0 Å². The highest BCUT2D eigenvalue weighted by Gasteiger charge is 2.64. The molecule has 2 heterocycles. The average molecular weight is 822 g/mol. The molecule has 0 spiro atoms. The van der Waals surface area contributed by atoms with Gasteiger partial charge in [0.2, 0.25) is 12.1 Å². The number of nitrogens with zero attached hydrogens (tertiary/aromatic N) is 1. The van der Waals surface area contributed by atoms with Crippen LogP contribution >= 0.6 is 11.8 Å². The van der Waals surface area contributed by atoms with E-state index in [0.717, 1.165) is 77.8 Å². The minimum atomic E-state index is -1.13. The van der Waals surface area contributed by atoms with Crippen molar-refractivity contribution in [1.29, 1.82) is 0 Å². The number of hydrogen-bond acceptors (Lipinski definition) is 9. The van der Waals surface area contributed by atoms with Gasteiger partial charge in [-0.15, -0.1) is 18.3 Å². The highest BCUT2D eigenvalue weighted by molar-refractivity contribution is 8.00. The van der Waals surface area contributed by atoms with Gasteiger partial charge >= 0.3 is 0 Å². The first-order valence-corrected chi connectivity index (χ1v) is 22.3. The van der Waals surface area contributed by atoms with Crippen LogP contribution in [-0.4, -0.2) is 59.7 Å². The van der Waals surface area contributed by atoms with Crippen molar-refractivity contribution >= 4 is 28.2 Å². The molecule has 2 aliphatic carbocycles. The maximum Gasteiger partial charge on any atom is 0.231 e. The molecular formula is C49H56FNO7S. The first-order valence-electron chi connectivity index (χ1n) is 21.4. The molecule has 8 rings (SSSR count). The van der Waals surface area contributed by atoms with Gasteiger partial charge in [0, 0.05) is 48.0 Å². The van der Waals surface area contributed by atoms with Gasteiger partial charge < -0.3 is 34.0 Å². The number of ether oxygens (including phenoxy) is 4. The Kier molecular flexibility index (Phi) is 13.7. The number of unbranched alkanes of at least 4 members (excludes halogenated alkanes) is 2. The highest BCUT2D eigenvalue weighted by atomic mass is 32.2. The number of thioether (sulfide) groups is 1. The predicted octanol–water partition coefficient (Wildman–Crippen LogP) is 10.5. The normalized spacial score (nSPS) is 26.7. The van der Waals surface area contributed by atoms with Crippen LogP contribution in [0.1, 0.15) is 81.3 Å². The van der Waals surface area contributed by atoms with Gasteiger partial charge in [0.25, 0.3) is 0 Å². The summed E-state index contributed by atoms with van der Waals surface area (Å²) in [4.78, 5) is 7.38. The van der Waals surface area contributed by atoms with Crippen molar-refractivity contribution in [3.63, 3.8) is 0 Å². The third-order valence-corrected chi connectivity index (χ3v) is 13.7. The minimum absolute atomic E-state index is 0.0868. The fraction of sp³-hybridized carbons (Fsp3) is 0.449. The fourth-order valence-corrected chi connectivity index (χ4v) is 11.0. The molecule has 4 aromatic carbocycles. The summed E-state index contributed by atoms with van der Waals surface area (Å²) >= 11 is 1.74. The Morgan fingerprint density at radius 3 is 2.53 bits per heavy atom. The second-order valence-electron chi connectivity index (χ2n) is 16.2. The molecule has 0 bridgehead atoms. The summed E-state index contributed by atoms with van der Waals surface area (Å²) in [5, 5.41) is 26.9. The monoisotopic (exact) mass is 821 g/mol. The van der Waals surface area contributed by atoms with E-state index in [9.17, 15) is 14.6 Å². The molecule has 0 aromatic heterocycles. The van der Waals surface area contributed by atoms with Gasteiger partial charge in [-0.3, -0.25) is 0 Å². The number of halogens is 1. The lowest BCUT2D eigenvalue weighted by Crippen LogP contribution is -2.64.